The predicted octanol–water partition coefficient (Wildman–Crippen LogP) is 2.55. The average Bonchev–Trinajstić information content (AvgIpc) is 2.38. The summed E-state index contributed by atoms with van der Waals surface area (Å²) >= 11 is 1.38. The normalized spacial score (nSPS) is 34.6. The van der Waals surface area contributed by atoms with Gasteiger partial charge < -0.3 is 5.32 Å². The van der Waals surface area contributed by atoms with Crippen molar-refractivity contribution in [2.24, 2.45) is 17.3 Å². The zero-order chi connectivity index (χ0) is 14.0. The standard InChI is InChI=1S/C14H17N3OS/c1-9-4-3-5-14(6-9)10(7-15)12(18)17-13(19-2)11(14)8-16/h9-10H,3-6H2,1-2H3,(H,17,18)/t9-,10-,14-/m0/s1. The third kappa shape index (κ3) is 2.13. The third-order valence-corrected chi connectivity index (χ3v) is 4.97. The van der Waals surface area contributed by atoms with Crippen LogP contribution in [0, 0.1) is 39.9 Å². The fourth-order valence-electron chi connectivity index (χ4n) is 3.45. The minimum Gasteiger partial charge on any atom is -0.319 e. The Kier molecular flexibility index (Phi) is 3.87. The molecule has 1 aliphatic heterocycles. The summed E-state index contributed by atoms with van der Waals surface area (Å²) in [5.41, 5.74) is 0.0414. The summed E-state index contributed by atoms with van der Waals surface area (Å²) in [7, 11) is 0. The van der Waals surface area contributed by atoms with E-state index in [4.69, 9.17) is 0 Å². The number of allylic oxidation sites excluding steroid dienone is 1. The molecule has 0 unspecified atom stereocenters. The molecular weight excluding hydrogens is 258 g/mol. The van der Waals surface area contributed by atoms with Crippen molar-refractivity contribution < 1.29 is 4.79 Å². The van der Waals surface area contributed by atoms with Gasteiger partial charge in [-0.1, -0.05) is 19.8 Å². The van der Waals surface area contributed by atoms with Gasteiger partial charge in [-0.2, -0.15) is 10.5 Å². The minimum absolute atomic E-state index is 0.250. The molecule has 1 fully saturated rings. The van der Waals surface area contributed by atoms with E-state index in [2.05, 4.69) is 24.4 Å². The van der Waals surface area contributed by atoms with Crippen LogP contribution in [0.4, 0.5) is 0 Å². The molecule has 1 heterocycles. The van der Waals surface area contributed by atoms with Crippen LogP contribution in [0.5, 0.6) is 0 Å². The fourth-order valence-corrected chi connectivity index (χ4v) is 4.10. The predicted molar refractivity (Wildman–Crippen MR) is 73.5 cm³/mol. The van der Waals surface area contributed by atoms with Crippen LogP contribution < -0.4 is 5.32 Å². The highest BCUT2D eigenvalue weighted by molar-refractivity contribution is 8.02. The molecule has 19 heavy (non-hydrogen) atoms. The topological polar surface area (TPSA) is 76.7 Å². The largest absolute Gasteiger partial charge is 0.319 e. The molecule has 5 heteroatoms. The van der Waals surface area contributed by atoms with Gasteiger partial charge in [-0.05, 0) is 25.0 Å². The van der Waals surface area contributed by atoms with E-state index in [1.807, 2.05) is 6.26 Å². The van der Waals surface area contributed by atoms with Gasteiger partial charge in [0.15, 0.2) is 0 Å². The highest BCUT2D eigenvalue weighted by atomic mass is 32.2. The van der Waals surface area contributed by atoms with E-state index in [9.17, 15) is 15.3 Å². The van der Waals surface area contributed by atoms with Gasteiger partial charge in [0, 0.05) is 5.41 Å². The van der Waals surface area contributed by atoms with Crippen LogP contribution in [0.1, 0.15) is 32.6 Å². The Morgan fingerprint density at radius 2 is 2.21 bits per heavy atom. The number of carbonyl (C=O) groups excluding carboxylic acids is 1. The number of nitriles is 2. The van der Waals surface area contributed by atoms with E-state index < -0.39 is 11.3 Å². The van der Waals surface area contributed by atoms with Crippen LogP contribution in [-0.4, -0.2) is 12.2 Å². The molecule has 3 atom stereocenters. The first kappa shape index (κ1) is 14.0. The number of thioether (sulfide) groups is 1. The molecule has 0 aromatic heterocycles. The van der Waals surface area contributed by atoms with Crippen molar-refractivity contribution in [2.45, 2.75) is 32.6 Å². The maximum absolute atomic E-state index is 12.1. The minimum atomic E-state index is -0.735. The molecule has 4 nitrogen and oxygen atoms in total. The lowest BCUT2D eigenvalue weighted by atomic mass is 9.59. The lowest BCUT2D eigenvalue weighted by molar-refractivity contribution is -0.127. The van der Waals surface area contributed by atoms with Crippen LogP contribution in [0.3, 0.4) is 0 Å². The molecule has 1 N–H and O–H groups in total. The van der Waals surface area contributed by atoms with Crippen LogP contribution in [-0.2, 0) is 4.79 Å². The molecule has 2 aliphatic rings. The van der Waals surface area contributed by atoms with Crippen LogP contribution in [0.15, 0.2) is 10.6 Å². The lowest BCUT2D eigenvalue weighted by Crippen LogP contribution is -2.49. The maximum atomic E-state index is 12.1. The van der Waals surface area contributed by atoms with Gasteiger partial charge in [-0.15, -0.1) is 11.8 Å². The summed E-state index contributed by atoms with van der Waals surface area (Å²) in [6.07, 6.45) is 5.44. The van der Waals surface area contributed by atoms with Crippen LogP contribution in [0.2, 0.25) is 0 Å². The molecule has 0 aromatic rings. The first-order valence-electron chi connectivity index (χ1n) is 6.48. The summed E-state index contributed by atoms with van der Waals surface area (Å²) in [5, 5.41) is 22.2. The van der Waals surface area contributed by atoms with Gasteiger partial charge in [0.05, 0.1) is 22.7 Å². The average molecular weight is 275 g/mol. The van der Waals surface area contributed by atoms with Gasteiger partial charge in [0.1, 0.15) is 5.92 Å². The number of nitrogens with one attached hydrogen (secondary N) is 1. The second kappa shape index (κ2) is 5.27. The monoisotopic (exact) mass is 275 g/mol. The zero-order valence-electron chi connectivity index (χ0n) is 11.2. The van der Waals surface area contributed by atoms with Gasteiger partial charge in [0.25, 0.3) is 0 Å². The number of nitrogens with zero attached hydrogens (tertiary/aromatic N) is 2. The van der Waals surface area contributed by atoms with Gasteiger partial charge in [0.2, 0.25) is 5.91 Å². The van der Waals surface area contributed by atoms with E-state index in [1.165, 1.54) is 11.8 Å². The van der Waals surface area contributed by atoms with Crippen molar-refractivity contribution in [1.82, 2.24) is 5.32 Å². The molecule has 0 aromatic carbocycles. The SMILES string of the molecule is CSC1=C(C#N)[C@]2(CCC[C@H](C)C2)[C@@H](C#N)C(=O)N1. The smallest absolute Gasteiger partial charge is 0.243 e. The summed E-state index contributed by atoms with van der Waals surface area (Å²) in [5.74, 6) is -0.539. The maximum Gasteiger partial charge on any atom is 0.243 e. The fraction of sp³-hybridized carbons (Fsp3) is 0.643. The Morgan fingerprint density at radius 1 is 1.47 bits per heavy atom. The molecule has 1 amide bonds. The van der Waals surface area contributed by atoms with Crippen LogP contribution in [0.25, 0.3) is 0 Å². The van der Waals surface area contributed by atoms with E-state index in [1.54, 1.807) is 0 Å². The molecule has 1 spiro atoms. The molecule has 1 aliphatic carbocycles. The Bertz CT molecular complexity index is 514. The molecule has 0 bridgehead atoms. The molecule has 2 rings (SSSR count). The second-order valence-corrected chi connectivity index (χ2v) is 6.25. The van der Waals surface area contributed by atoms with Crippen molar-refractivity contribution in [3.05, 3.63) is 10.6 Å². The lowest BCUT2D eigenvalue weighted by Gasteiger charge is -2.45. The quantitative estimate of drug-likeness (QED) is 0.797. The highest BCUT2D eigenvalue weighted by Crippen LogP contribution is 2.53. The van der Waals surface area contributed by atoms with Crippen molar-refractivity contribution in [3.63, 3.8) is 0 Å². The number of hydrogen-bond acceptors (Lipinski definition) is 4. The highest BCUT2D eigenvalue weighted by Gasteiger charge is 2.52. The first-order chi connectivity index (χ1) is 9.08. The summed E-state index contributed by atoms with van der Waals surface area (Å²) in [6.45, 7) is 2.13. The van der Waals surface area contributed by atoms with E-state index in [0.717, 1.165) is 25.7 Å². The molecule has 100 valence electrons. The van der Waals surface area contributed by atoms with Gasteiger partial charge in [-0.3, -0.25) is 4.79 Å². The second-order valence-electron chi connectivity index (χ2n) is 5.43. The summed E-state index contributed by atoms with van der Waals surface area (Å²) in [6, 6.07) is 4.40. The zero-order valence-corrected chi connectivity index (χ0v) is 12.0. The number of hydrogen-bond donors (Lipinski definition) is 1. The van der Waals surface area contributed by atoms with Crippen molar-refractivity contribution in [1.29, 1.82) is 10.5 Å². The third-order valence-electron chi connectivity index (χ3n) is 4.25. The summed E-state index contributed by atoms with van der Waals surface area (Å²) in [4.78, 5) is 12.1. The van der Waals surface area contributed by atoms with Crippen LogP contribution >= 0.6 is 11.8 Å². The van der Waals surface area contributed by atoms with E-state index in [-0.39, 0.29) is 5.91 Å². The van der Waals surface area contributed by atoms with Crippen molar-refractivity contribution >= 4 is 17.7 Å². The molecular formula is C14H17N3OS. The van der Waals surface area contributed by atoms with E-state index in [0.29, 0.717) is 16.5 Å². The van der Waals surface area contributed by atoms with Crippen molar-refractivity contribution in [2.75, 3.05) is 6.26 Å². The Balaban J connectivity index is 2.59. The number of rotatable bonds is 1. The Hall–Kier alpha value is -1.46. The van der Waals surface area contributed by atoms with Gasteiger partial charge in [-0.25, -0.2) is 0 Å². The summed E-state index contributed by atoms with van der Waals surface area (Å²) < 4.78 is 0. The number of amides is 1. The Labute approximate surface area is 117 Å². The van der Waals surface area contributed by atoms with E-state index >= 15 is 0 Å². The number of carbonyl (C=O) groups is 1. The molecule has 0 radical (unpaired) electrons. The first-order valence-corrected chi connectivity index (χ1v) is 7.71. The van der Waals surface area contributed by atoms with Gasteiger partial charge >= 0.3 is 0 Å². The Morgan fingerprint density at radius 3 is 2.74 bits per heavy atom. The van der Waals surface area contributed by atoms with Crippen molar-refractivity contribution in [3.8, 4) is 12.1 Å². The molecule has 0 saturated heterocycles. The molecule has 1 saturated carbocycles.